The van der Waals surface area contributed by atoms with Crippen molar-refractivity contribution in [2.24, 2.45) is 5.92 Å². The molecule has 0 N–H and O–H groups in total. The lowest BCUT2D eigenvalue weighted by Gasteiger charge is -2.38. The molecule has 1 heteroatoms. The molecular weight excluding hydrogens is 164 g/mol. The summed E-state index contributed by atoms with van der Waals surface area (Å²) < 4.78 is 0. The Morgan fingerprint density at radius 1 is 0.917 bits per heavy atom. The maximum absolute atomic E-state index is 2.38. The van der Waals surface area contributed by atoms with Crippen LogP contribution in [0.2, 0.25) is 0 Å². The van der Waals surface area contributed by atoms with Crippen molar-refractivity contribution in [3.63, 3.8) is 0 Å². The zero-order valence-corrected chi connectivity index (χ0v) is 10.3. The molecule has 0 saturated carbocycles. The lowest BCUT2D eigenvalue weighted by atomic mass is 10.2. The molecule has 76 valence electrons. The van der Waals surface area contributed by atoms with Gasteiger partial charge in [-0.25, -0.2) is 10.0 Å². The van der Waals surface area contributed by atoms with Crippen LogP contribution in [0.15, 0.2) is 0 Å². The van der Waals surface area contributed by atoms with Gasteiger partial charge in [-0.15, -0.1) is 0 Å². The smallest absolute Gasteiger partial charge is 0.0226 e. The van der Waals surface area contributed by atoms with E-state index < -0.39 is 0 Å². The van der Waals surface area contributed by atoms with Crippen LogP contribution >= 0.6 is 10.0 Å². The molecule has 0 rings (SSSR count). The van der Waals surface area contributed by atoms with Gasteiger partial charge in [0.15, 0.2) is 0 Å². The highest BCUT2D eigenvalue weighted by atomic mass is 32.3. The van der Waals surface area contributed by atoms with Crippen LogP contribution in [0, 0.1) is 5.92 Å². The van der Waals surface area contributed by atoms with E-state index in [0.717, 1.165) is 5.92 Å². The fourth-order valence-corrected chi connectivity index (χ4v) is 4.59. The van der Waals surface area contributed by atoms with Crippen molar-refractivity contribution >= 4 is 10.0 Å². The minimum absolute atomic E-state index is 0.205. The fraction of sp³-hybridized carbons (Fsp3) is 1.00. The van der Waals surface area contributed by atoms with Crippen LogP contribution in [0.1, 0.15) is 41.0 Å². The van der Waals surface area contributed by atoms with E-state index in [0.29, 0.717) is 0 Å². The van der Waals surface area contributed by atoms with Gasteiger partial charge >= 0.3 is 0 Å². The molecule has 0 aromatic heterocycles. The minimum Gasteiger partial charge on any atom is -0.242 e. The van der Waals surface area contributed by atoms with Crippen LogP contribution in [0.5, 0.6) is 0 Å². The lowest BCUT2D eigenvalue weighted by Crippen LogP contribution is -2.14. The van der Waals surface area contributed by atoms with Gasteiger partial charge in [-0.2, -0.15) is 0 Å². The molecule has 0 aliphatic rings. The first-order valence-corrected chi connectivity index (χ1v) is 7.65. The van der Waals surface area contributed by atoms with E-state index in [2.05, 4.69) is 34.6 Å². The summed E-state index contributed by atoms with van der Waals surface area (Å²) in [5.74, 6) is 6.71. The van der Waals surface area contributed by atoms with Crippen molar-refractivity contribution in [3.8, 4) is 0 Å². The number of hydrogen-bond donors (Lipinski definition) is 0. The van der Waals surface area contributed by atoms with Gasteiger partial charge in [-0.1, -0.05) is 34.6 Å². The van der Waals surface area contributed by atoms with Crippen LogP contribution in [0.25, 0.3) is 0 Å². The summed E-state index contributed by atoms with van der Waals surface area (Å²) in [6, 6.07) is 0. The van der Waals surface area contributed by atoms with Crippen molar-refractivity contribution in [2.75, 3.05) is 23.0 Å². The summed E-state index contributed by atoms with van der Waals surface area (Å²) in [7, 11) is -0.205. The van der Waals surface area contributed by atoms with Crippen molar-refractivity contribution in [1.29, 1.82) is 0 Å². The molecular formula is C11H26S. The second kappa shape index (κ2) is 5.90. The van der Waals surface area contributed by atoms with E-state index >= 15 is 0 Å². The second-order valence-corrected chi connectivity index (χ2v) is 8.57. The Balaban J connectivity index is 3.93. The van der Waals surface area contributed by atoms with Crippen LogP contribution in [-0.4, -0.2) is 23.0 Å². The lowest BCUT2D eigenvalue weighted by molar-refractivity contribution is 0.629. The molecule has 0 amide bonds. The maximum atomic E-state index is 2.38. The first kappa shape index (κ1) is 12.3. The SMILES string of the molecule is CCS(CC)(CC)CCC(C)C. The standard InChI is InChI=1S/C11H26S/c1-6-12(7-2,8-3)10-9-11(4)5/h11H,6-10H2,1-5H3. The van der Waals surface area contributed by atoms with Crippen molar-refractivity contribution < 1.29 is 0 Å². The molecule has 0 aliphatic heterocycles. The largest absolute Gasteiger partial charge is 0.242 e. The molecule has 0 nitrogen and oxygen atoms in total. The third kappa shape index (κ3) is 3.84. The highest BCUT2D eigenvalue weighted by Gasteiger charge is 2.17. The fourth-order valence-electron chi connectivity index (χ4n) is 1.53. The molecule has 0 spiro atoms. The first-order chi connectivity index (χ1) is 5.60. The maximum Gasteiger partial charge on any atom is -0.0226 e. The Hall–Kier alpha value is 0.350. The van der Waals surface area contributed by atoms with E-state index in [1.54, 1.807) is 0 Å². The third-order valence-corrected chi connectivity index (χ3v) is 7.74. The van der Waals surface area contributed by atoms with E-state index in [1.165, 1.54) is 29.4 Å². The molecule has 12 heavy (non-hydrogen) atoms. The van der Waals surface area contributed by atoms with Gasteiger partial charge in [-0.05, 0) is 35.4 Å². The molecule has 0 unspecified atom stereocenters. The van der Waals surface area contributed by atoms with Crippen LogP contribution in [-0.2, 0) is 0 Å². The number of rotatable bonds is 6. The summed E-state index contributed by atoms with van der Waals surface area (Å²) >= 11 is 0. The normalized spacial score (nSPS) is 13.8. The quantitative estimate of drug-likeness (QED) is 0.596. The van der Waals surface area contributed by atoms with Gasteiger partial charge in [0.05, 0.1) is 0 Å². The topological polar surface area (TPSA) is 0 Å². The van der Waals surface area contributed by atoms with Gasteiger partial charge in [0.2, 0.25) is 0 Å². The van der Waals surface area contributed by atoms with Gasteiger partial charge in [0.1, 0.15) is 0 Å². The Labute approximate surface area is 80.4 Å². The van der Waals surface area contributed by atoms with E-state index in [1.807, 2.05) is 0 Å². The zero-order valence-electron chi connectivity index (χ0n) is 9.52. The van der Waals surface area contributed by atoms with Gasteiger partial charge in [0.25, 0.3) is 0 Å². The predicted molar refractivity (Wildman–Crippen MR) is 63.5 cm³/mol. The Bertz CT molecular complexity index is 95.3. The third-order valence-electron chi connectivity index (χ3n) is 2.97. The zero-order chi connectivity index (χ0) is 9.61. The summed E-state index contributed by atoms with van der Waals surface area (Å²) in [4.78, 5) is 0. The molecule has 0 aromatic rings. The summed E-state index contributed by atoms with van der Waals surface area (Å²) in [5.41, 5.74) is 0. The Morgan fingerprint density at radius 3 is 1.58 bits per heavy atom. The molecule has 0 heterocycles. The molecule has 0 bridgehead atoms. The Kier molecular flexibility index (Phi) is 6.08. The number of hydrogen-bond acceptors (Lipinski definition) is 0. The molecule has 0 fully saturated rings. The van der Waals surface area contributed by atoms with E-state index in [-0.39, 0.29) is 10.0 Å². The molecule has 0 atom stereocenters. The molecule has 0 aromatic carbocycles. The summed E-state index contributed by atoms with van der Waals surface area (Å²) in [5, 5.41) is 0. The summed E-state index contributed by atoms with van der Waals surface area (Å²) in [6.45, 7) is 11.8. The van der Waals surface area contributed by atoms with Crippen LogP contribution in [0.3, 0.4) is 0 Å². The van der Waals surface area contributed by atoms with Crippen LogP contribution in [0.4, 0.5) is 0 Å². The monoisotopic (exact) mass is 190 g/mol. The predicted octanol–water partition coefficient (Wildman–Crippen LogP) is 3.90. The van der Waals surface area contributed by atoms with Crippen molar-refractivity contribution in [1.82, 2.24) is 0 Å². The minimum atomic E-state index is -0.205. The molecule has 0 aliphatic carbocycles. The average Bonchev–Trinajstić information content (AvgIpc) is 2.08. The highest BCUT2D eigenvalue weighted by Crippen LogP contribution is 2.47. The van der Waals surface area contributed by atoms with Crippen molar-refractivity contribution in [3.05, 3.63) is 0 Å². The summed E-state index contributed by atoms with van der Waals surface area (Å²) in [6.07, 6.45) is 1.44. The molecule has 0 saturated heterocycles. The van der Waals surface area contributed by atoms with E-state index in [4.69, 9.17) is 0 Å². The van der Waals surface area contributed by atoms with Gasteiger partial charge < -0.3 is 0 Å². The van der Waals surface area contributed by atoms with Crippen molar-refractivity contribution in [2.45, 2.75) is 41.0 Å². The van der Waals surface area contributed by atoms with Gasteiger partial charge in [0, 0.05) is 0 Å². The second-order valence-electron chi connectivity index (χ2n) is 3.98. The molecule has 0 radical (unpaired) electrons. The van der Waals surface area contributed by atoms with Crippen LogP contribution < -0.4 is 0 Å². The Morgan fingerprint density at radius 2 is 1.33 bits per heavy atom. The highest BCUT2D eigenvalue weighted by molar-refractivity contribution is 8.33. The first-order valence-electron chi connectivity index (χ1n) is 5.34. The average molecular weight is 190 g/mol. The van der Waals surface area contributed by atoms with Gasteiger partial charge in [-0.3, -0.25) is 0 Å². The van der Waals surface area contributed by atoms with E-state index in [9.17, 15) is 0 Å².